The van der Waals surface area contributed by atoms with Gasteiger partial charge in [0.25, 0.3) is 5.69 Å². The van der Waals surface area contributed by atoms with Crippen molar-refractivity contribution < 1.29 is 4.92 Å². The molecule has 0 fully saturated rings. The van der Waals surface area contributed by atoms with Gasteiger partial charge in [-0.1, -0.05) is 29.8 Å². The molecule has 0 aliphatic carbocycles. The molecule has 0 aromatic heterocycles. The molecule has 0 spiro atoms. The monoisotopic (exact) mass is 295 g/mol. The first-order valence-electron chi connectivity index (χ1n) is 6.84. The third-order valence-corrected chi connectivity index (χ3v) is 3.14. The van der Waals surface area contributed by atoms with Crippen molar-refractivity contribution in [1.29, 1.82) is 0 Å². The molecule has 0 atom stereocenters. The lowest BCUT2D eigenvalue weighted by Crippen LogP contribution is -1.92. The van der Waals surface area contributed by atoms with Crippen molar-refractivity contribution in [3.63, 3.8) is 0 Å². The SMILES string of the molecule is Cc1ccc(NN=CC=Cc2ccccc2[N+](=O)[O-])c(C)c1. The third-order valence-electron chi connectivity index (χ3n) is 3.14. The van der Waals surface area contributed by atoms with Gasteiger partial charge in [-0.25, -0.2) is 0 Å². The predicted octanol–water partition coefficient (Wildman–Crippen LogP) is 4.32. The summed E-state index contributed by atoms with van der Waals surface area (Å²) in [6.07, 6.45) is 4.89. The summed E-state index contributed by atoms with van der Waals surface area (Å²) in [4.78, 5) is 10.5. The van der Waals surface area contributed by atoms with Crippen LogP contribution in [0.15, 0.2) is 53.6 Å². The van der Waals surface area contributed by atoms with Gasteiger partial charge in [0.15, 0.2) is 0 Å². The Hall–Kier alpha value is -2.95. The van der Waals surface area contributed by atoms with Crippen LogP contribution in [-0.4, -0.2) is 11.1 Å². The minimum absolute atomic E-state index is 0.0782. The van der Waals surface area contributed by atoms with E-state index in [1.807, 2.05) is 26.0 Å². The second-order valence-electron chi connectivity index (χ2n) is 4.88. The number of anilines is 1. The van der Waals surface area contributed by atoms with Crippen LogP contribution in [0.25, 0.3) is 6.08 Å². The highest BCUT2D eigenvalue weighted by Gasteiger charge is 2.08. The summed E-state index contributed by atoms with van der Waals surface area (Å²) in [7, 11) is 0. The van der Waals surface area contributed by atoms with Gasteiger partial charge in [-0.15, -0.1) is 0 Å². The van der Waals surface area contributed by atoms with Crippen LogP contribution in [0.3, 0.4) is 0 Å². The molecule has 112 valence electrons. The molecule has 2 rings (SSSR count). The van der Waals surface area contributed by atoms with Gasteiger partial charge in [-0.2, -0.15) is 5.10 Å². The Balaban J connectivity index is 2.02. The maximum Gasteiger partial charge on any atom is 0.276 e. The Kier molecular flexibility index (Phi) is 5.03. The van der Waals surface area contributed by atoms with Crippen LogP contribution in [0.5, 0.6) is 0 Å². The van der Waals surface area contributed by atoms with Crippen molar-refractivity contribution >= 4 is 23.7 Å². The van der Waals surface area contributed by atoms with Gasteiger partial charge in [0, 0.05) is 12.3 Å². The van der Waals surface area contributed by atoms with Crippen LogP contribution < -0.4 is 5.43 Å². The average Bonchev–Trinajstić information content (AvgIpc) is 2.49. The normalized spacial score (nSPS) is 11.2. The standard InChI is InChI=1S/C17H17N3O2/c1-13-9-10-16(14(2)12-13)19-18-11-5-7-15-6-3-4-8-17(15)20(21)22/h3-12,19H,1-2H3. The number of nitrogens with one attached hydrogen (secondary N) is 1. The highest BCUT2D eigenvalue weighted by atomic mass is 16.6. The zero-order valence-corrected chi connectivity index (χ0v) is 12.5. The molecule has 0 bridgehead atoms. The molecule has 0 aliphatic rings. The van der Waals surface area contributed by atoms with Crippen LogP contribution in [0.2, 0.25) is 0 Å². The predicted molar refractivity (Wildman–Crippen MR) is 90.2 cm³/mol. The number of rotatable bonds is 5. The fourth-order valence-corrected chi connectivity index (χ4v) is 2.03. The molecule has 0 radical (unpaired) electrons. The quantitative estimate of drug-likeness (QED) is 0.507. The van der Waals surface area contributed by atoms with E-state index in [0.717, 1.165) is 11.3 Å². The number of para-hydroxylation sites is 1. The molecule has 1 N–H and O–H groups in total. The zero-order valence-electron chi connectivity index (χ0n) is 12.5. The highest BCUT2D eigenvalue weighted by Crippen LogP contribution is 2.18. The number of hydrogen-bond donors (Lipinski definition) is 1. The molecule has 0 amide bonds. The minimum atomic E-state index is -0.398. The van der Waals surface area contributed by atoms with Gasteiger partial charge in [0.2, 0.25) is 0 Å². The number of nitrogens with zero attached hydrogens (tertiary/aromatic N) is 2. The lowest BCUT2D eigenvalue weighted by molar-refractivity contribution is -0.385. The summed E-state index contributed by atoms with van der Waals surface area (Å²) in [6, 6.07) is 12.6. The zero-order chi connectivity index (χ0) is 15.9. The molecule has 0 unspecified atom stereocenters. The maximum absolute atomic E-state index is 10.9. The van der Waals surface area contributed by atoms with Crippen molar-refractivity contribution in [2.45, 2.75) is 13.8 Å². The largest absolute Gasteiger partial charge is 0.278 e. The summed E-state index contributed by atoms with van der Waals surface area (Å²) < 4.78 is 0. The van der Waals surface area contributed by atoms with Crippen molar-refractivity contribution in [2.24, 2.45) is 5.10 Å². The van der Waals surface area contributed by atoms with Gasteiger partial charge in [-0.05, 0) is 43.7 Å². The maximum atomic E-state index is 10.9. The van der Waals surface area contributed by atoms with Crippen molar-refractivity contribution in [1.82, 2.24) is 0 Å². The fourth-order valence-electron chi connectivity index (χ4n) is 2.03. The summed E-state index contributed by atoms with van der Waals surface area (Å²) >= 11 is 0. The van der Waals surface area contributed by atoms with Crippen LogP contribution in [0.4, 0.5) is 11.4 Å². The first kappa shape index (κ1) is 15.4. The van der Waals surface area contributed by atoms with Crippen LogP contribution in [-0.2, 0) is 0 Å². The first-order chi connectivity index (χ1) is 10.6. The number of benzene rings is 2. The topological polar surface area (TPSA) is 67.5 Å². The molecule has 22 heavy (non-hydrogen) atoms. The van der Waals surface area contributed by atoms with E-state index in [1.165, 1.54) is 11.6 Å². The van der Waals surface area contributed by atoms with E-state index in [0.29, 0.717) is 5.56 Å². The van der Waals surface area contributed by atoms with Crippen molar-refractivity contribution in [3.05, 3.63) is 75.3 Å². The van der Waals surface area contributed by atoms with Crippen molar-refractivity contribution in [2.75, 3.05) is 5.43 Å². The lowest BCUT2D eigenvalue weighted by Gasteiger charge is -2.04. The van der Waals surface area contributed by atoms with Crippen LogP contribution in [0, 0.1) is 24.0 Å². The molecule has 0 aliphatic heterocycles. The van der Waals surface area contributed by atoms with E-state index < -0.39 is 4.92 Å². The fraction of sp³-hybridized carbons (Fsp3) is 0.118. The Morgan fingerprint density at radius 2 is 1.95 bits per heavy atom. The van der Waals surface area contributed by atoms with Gasteiger partial charge >= 0.3 is 0 Å². The Bertz CT molecular complexity index is 736. The van der Waals surface area contributed by atoms with Crippen LogP contribution in [0.1, 0.15) is 16.7 Å². The number of allylic oxidation sites excluding steroid dienone is 1. The Morgan fingerprint density at radius 3 is 2.68 bits per heavy atom. The average molecular weight is 295 g/mol. The number of nitro benzene ring substituents is 1. The van der Waals surface area contributed by atoms with Gasteiger partial charge in [0.05, 0.1) is 16.2 Å². The molecule has 2 aromatic rings. The van der Waals surface area contributed by atoms with Crippen molar-refractivity contribution in [3.8, 4) is 0 Å². The van der Waals surface area contributed by atoms with Gasteiger partial charge in [0.1, 0.15) is 0 Å². The minimum Gasteiger partial charge on any atom is -0.278 e. The van der Waals surface area contributed by atoms with Crippen LogP contribution >= 0.6 is 0 Å². The molecule has 0 heterocycles. The number of nitro groups is 1. The number of hydrogen-bond acceptors (Lipinski definition) is 4. The summed E-state index contributed by atoms with van der Waals surface area (Å²) in [5.74, 6) is 0. The van der Waals surface area contributed by atoms with E-state index in [-0.39, 0.29) is 5.69 Å². The summed E-state index contributed by atoms with van der Waals surface area (Å²) in [5.41, 5.74) is 6.81. The molecule has 5 heteroatoms. The summed E-state index contributed by atoms with van der Waals surface area (Å²) in [6.45, 7) is 4.05. The van der Waals surface area contributed by atoms with E-state index in [9.17, 15) is 10.1 Å². The number of hydrazone groups is 1. The lowest BCUT2D eigenvalue weighted by atomic mass is 10.1. The smallest absolute Gasteiger partial charge is 0.276 e. The highest BCUT2D eigenvalue weighted by molar-refractivity contribution is 5.80. The first-order valence-corrected chi connectivity index (χ1v) is 6.84. The van der Waals surface area contributed by atoms with E-state index in [2.05, 4.69) is 16.6 Å². The Morgan fingerprint density at radius 1 is 1.18 bits per heavy atom. The second kappa shape index (κ2) is 7.17. The molecular weight excluding hydrogens is 278 g/mol. The molecule has 2 aromatic carbocycles. The molecule has 0 saturated heterocycles. The molecule has 0 saturated carbocycles. The number of aryl methyl sites for hydroxylation is 2. The second-order valence-corrected chi connectivity index (χ2v) is 4.88. The van der Waals surface area contributed by atoms with Gasteiger partial charge < -0.3 is 0 Å². The molecular formula is C17H17N3O2. The molecule has 5 nitrogen and oxygen atoms in total. The van der Waals surface area contributed by atoms with E-state index >= 15 is 0 Å². The summed E-state index contributed by atoms with van der Waals surface area (Å²) in [5, 5.41) is 15.0. The van der Waals surface area contributed by atoms with Gasteiger partial charge in [-0.3, -0.25) is 15.5 Å². The third kappa shape index (κ3) is 4.02. The van der Waals surface area contributed by atoms with E-state index in [1.54, 1.807) is 36.6 Å². The Labute approximate surface area is 129 Å². The van der Waals surface area contributed by atoms with E-state index in [4.69, 9.17) is 0 Å².